The van der Waals surface area contributed by atoms with Crippen molar-refractivity contribution >= 4 is 10.9 Å². The zero-order valence-corrected chi connectivity index (χ0v) is 10.8. The molecule has 2 heterocycles. The van der Waals surface area contributed by atoms with E-state index in [1.165, 1.54) is 16.5 Å². The molecule has 96 valence electrons. The van der Waals surface area contributed by atoms with E-state index in [0.717, 1.165) is 25.5 Å². The smallest absolute Gasteiger partial charge is 0.128 e. The Kier molecular flexibility index (Phi) is 2.97. The van der Waals surface area contributed by atoms with Crippen molar-refractivity contribution in [2.45, 2.75) is 6.04 Å². The predicted octanol–water partition coefficient (Wildman–Crippen LogP) is 1.85. The van der Waals surface area contributed by atoms with E-state index in [9.17, 15) is 0 Å². The van der Waals surface area contributed by atoms with Crippen LogP contribution in [0.5, 0.6) is 5.75 Å². The molecule has 0 saturated carbocycles. The first-order chi connectivity index (χ1) is 8.81. The molecule has 1 N–H and O–H groups in total. The summed E-state index contributed by atoms with van der Waals surface area (Å²) < 4.78 is 13.2. The van der Waals surface area contributed by atoms with E-state index >= 15 is 0 Å². The molecule has 0 aliphatic carbocycles. The van der Waals surface area contributed by atoms with Crippen molar-refractivity contribution in [3.8, 4) is 5.75 Å². The average Bonchev–Trinajstić information content (AvgIpc) is 2.77. The third-order valence-corrected chi connectivity index (χ3v) is 3.52. The number of nitrogens with zero attached hydrogens (tertiary/aromatic N) is 1. The molecule has 4 nitrogen and oxygen atoms in total. The van der Waals surface area contributed by atoms with Crippen LogP contribution in [0, 0.1) is 0 Å². The lowest BCUT2D eigenvalue weighted by Crippen LogP contribution is -2.34. The predicted molar refractivity (Wildman–Crippen MR) is 71.0 cm³/mol. The van der Waals surface area contributed by atoms with Crippen LogP contribution in [0.2, 0.25) is 0 Å². The largest absolute Gasteiger partial charge is 0.496 e. The lowest BCUT2D eigenvalue weighted by molar-refractivity contribution is 0.0772. The second-order valence-corrected chi connectivity index (χ2v) is 4.63. The summed E-state index contributed by atoms with van der Waals surface area (Å²) >= 11 is 0. The number of hydrogen-bond acceptors (Lipinski definition) is 3. The first-order valence-corrected chi connectivity index (χ1v) is 6.24. The molecule has 1 fully saturated rings. The fourth-order valence-electron chi connectivity index (χ4n) is 2.65. The zero-order valence-electron chi connectivity index (χ0n) is 10.8. The van der Waals surface area contributed by atoms with Crippen molar-refractivity contribution in [1.29, 1.82) is 0 Å². The molecule has 1 unspecified atom stereocenters. The highest BCUT2D eigenvalue weighted by molar-refractivity contribution is 5.90. The van der Waals surface area contributed by atoms with Gasteiger partial charge < -0.3 is 19.4 Å². The van der Waals surface area contributed by atoms with Crippen LogP contribution in [0.25, 0.3) is 10.9 Å². The SMILES string of the molecule is COc1cccc2c1c(C1COCCN1)cn2C. The molecule has 0 radical (unpaired) electrons. The van der Waals surface area contributed by atoms with Crippen LogP contribution in [0.1, 0.15) is 11.6 Å². The van der Waals surface area contributed by atoms with Crippen LogP contribution in [0.4, 0.5) is 0 Å². The first kappa shape index (κ1) is 11.6. The Bertz CT molecular complexity index is 556. The Labute approximate surface area is 106 Å². The van der Waals surface area contributed by atoms with Gasteiger partial charge in [0.15, 0.2) is 0 Å². The van der Waals surface area contributed by atoms with Crippen LogP contribution in [-0.2, 0) is 11.8 Å². The van der Waals surface area contributed by atoms with Gasteiger partial charge in [-0.3, -0.25) is 0 Å². The van der Waals surface area contributed by atoms with E-state index in [0.29, 0.717) is 0 Å². The van der Waals surface area contributed by atoms with Crippen LogP contribution in [-0.4, -0.2) is 31.4 Å². The Balaban J connectivity index is 2.15. The number of methoxy groups -OCH3 is 1. The molecular formula is C14H18N2O2. The summed E-state index contributed by atoms with van der Waals surface area (Å²) in [5.74, 6) is 0.926. The van der Waals surface area contributed by atoms with Crippen molar-refractivity contribution < 1.29 is 9.47 Å². The molecule has 0 bridgehead atoms. The van der Waals surface area contributed by atoms with E-state index < -0.39 is 0 Å². The average molecular weight is 246 g/mol. The van der Waals surface area contributed by atoms with Gasteiger partial charge in [0.2, 0.25) is 0 Å². The number of morpholine rings is 1. The Hall–Kier alpha value is -1.52. The van der Waals surface area contributed by atoms with E-state index in [4.69, 9.17) is 9.47 Å². The van der Waals surface area contributed by atoms with E-state index in [-0.39, 0.29) is 6.04 Å². The fourth-order valence-corrected chi connectivity index (χ4v) is 2.65. The molecule has 1 saturated heterocycles. The summed E-state index contributed by atoms with van der Waals surface area (Å²) in [4.78, 5) is 0. The van der Waals surface area contributed by atoms with Gasteiger partial charge in [-0.05, 0) is 12.1 Å². The minimum Gasteiger partial charge on any atom is -0.496 e. The maximum Gasteiger partial charge on any atom is 0.128 e. The first-order valence-electron chi connectivity index (χ1n) is 6.24. The monoisotopic (exact) mass is 246 g/mol. The van der Waals surface area contributed by atoms with E-state index in [2.05, 4.69) is 29.2 Å². The molecule has 0 amide bonds. The number of aromatic nitrogens is 1. The summed E-state index contributed by atoms with van der Waals surface area (Å²) in [6, 6.07) is 6.40. The maximum atomic E-state index is 5.56. The van der Waals surface area contributed by atoms with Gasteiger partial charge in [0.1, 0.15) is 5.75 Å². The normalized spacial score (nSPS) is 20.2. The number of ether oxygens (including phenoxy) is 2. The molecule has 1 aromatic carbocycles. The number of aryl methyl sites for hydroxylation is 1. The second kappa shape index (κ2) is 4.63. The molecule has 1 aliphatic heterocycles. The summed E-state index contributed by atoms with van der Waals surface area (Å²) in [5.41, 5.74) is 2.45. The summed E-state index contributed by atoms with van der Waals surface area (Å²) in [6.07, 6.45) is 2.17. The lowest BCUT2D eigenvalue weighted by Gasteiger charge is -2.23. The standard InChI is InChI=1S/C14H18N2O2/c1-16-8-10(11-9-18-7-6-15-11)14-12(16)4-3-5-13(14)17-2/h3-5,8,11,15H,6-7,9H2,1-2H3. The maximum absolute atomic E-state index is 5.56. The lowest BCUT2D eigenvalue weighted by atomic mass is 10.0. The van der Waals surface area contributed by atoms with Crippen molar-refractivity contribution in [1.82, 2.24) is 9.88 Å². The summed E-state index contributed by atoms with van der Waals surface area (Å²) in [5, 5.41) is 4.68. The highest BCUT2D eigenvalue weighted by atomic mass is 16.5. The van der Waals surface area contributed by atoms with Crippen molar-refractivity contribution in [2.24, 2.45) is 7.05 Å². The number of fused-ring (bicyclic) bond motifs is 1. The highest BCUT2D eigenvalue weighted by Crippen LogP contribution is 2.34. The van der Waals surface area contributed by atoms with Crippen LogP contribution < -0.4 is 10.1 Å². The third-order valence-electron chi connectivity index (χ3n) is 3.52. The van der Waals surface area contributed by atoms with Gasteiger partial charge in [-0.1, -0.05) is 6.07 Å². The van der Waals surface area contributed by atoms with Crippen molar-refractivity contribution in [2.75, 3.05) is 26.9 Å². The number of rotatable bonds is 2. The molecule has 1 aliphatic rings. The van der Waals surface area contributed by atoms with Crippen molar-refractivity contribution in [3.63, 3.8) is 0 Å². The van der Waals surface area contributed by atoms with Gasteiger partial charge in [-0.15, -0.1) is 0 Å². The van der Waals surface area contributed by atoms with Gasteiger partial charge in [0, 0.05) is 30.7 Å². The van der Waals surface area contributed by atoms with Gasteiger partial charge >= 0.3 is 0 Å². The van der Waals surface area contributed by atoms with E-state index in [1.54, 1.807) is 7.11 Å². The van der Waals surface area contributed by atoms with Gasteiger partial charge in [-0.2, -0.15) is 0 Å². The fraction of sp³-hybridized carbons (Fsp3) is 0.429. The molecule has 1 atom stereocenters. The molecule has 18 heavy (non-hydrogen) atoms. The highest BCUT2D eigenvalue weighted by Gasteiger charge is 2.21. The second-order valence-electron chi connectivity index (χ2n) is 4.63. The third kappa shape index (κ3) is 1.78. The number of nitrogens with one attached hydrogen (secondary N) is 1. The van der Waals surface area contributed by atoms with Gasteiger partial charge in [0.05, 0.1) is 31.9 Å². The van der Waals surface area contributed by atoms with Gasteiger partial charge in [-0.25, -0.2) is 0 Å². The molecule has 3 rings (SSSR count). The summed E-state index contributed by atoms with van der Waals surface area (Å²) in [6.45, 7) is 2.41. The zero-order chi connectivity index (χ0) is 12.5. The van der Waals surface area contributed by atoms with Crippen LogP contribution in [0.3, 0.4) is 0 Å². The van der Waals surface area contributed by atoms with Crippen molar-refractivity contribution in [3.05, 3.63) is 30.0 Å². The van der Waals surface area contributed by atoms with E-state index in [1.807, 2.05) is 12.1 Å². The number of benzene rings is 1. The van der Waals surface area contributed by atoms with Gasteiger partial charge in [0.25, 0.3) is 0 Å². The minimum absolute atomic E-state index is 0.249. The molecule has 4 heteroatoms. The molecule has 0 spiro atoms. The summed E-state index contributed by atoms with van der Waals surface area (Å²) in [7, 11) is 3.78. The molecule has 1 aromatic heterocycles. The molecular weight excluding hydrogens is 228 g/mol. The minimum atomic E-state index is 0.249. The van der Waals surface area contributed by atoms with Crippen LogP contribution >= 0.6 is 0 Å². The quantitative estimate of drug-likeness (QED) is 0.878. The Morgan fingerprint density at radius 3 is 3.06 bits per heavy atom. The Morgan fingerprint density at radius 1 is 1.44 bits per heavy atom. The molecule has 2 aromatic rings. The van der Waals surface area contributed by atoms with Crippen LogP contribution in [0.15, 0.2) is 24.4 Å². The topological polar surface area (TPSA) is 35.4 Å². The Morgan fingerprint density at radius 2 is 2.33 bits per heavy atom. The number of hydrogen-bond donors (Lipinski definition) is 1.